The van der Waals surface area contributed by atoms with Crippen LogP contribution in [-0.2, 0) is 9.59 Å². The lowest BCUT2D eigenvalue weighted by molar-refractivity contribution is -0.124. The van der Waals surface area contributed by atoms with E-state index >= 15 is 0 Å². The molecule has 3 aromatic carbocycles. The Kier molecular flexibility index (Phi) is 8.35. The van der Waals surface area contributed by atoms with E-state index in [-0.39, 0.29) is 24.7 Å². The molecule has 3 aromatic rings. The second kappa shape index (κ2) is 11.6. The SMILES string of the molecule is Cc1c(Cl)cccc1NC(=O)CCC(=O)NN=C(C=Cc1ccccc1)c1ccccc1. The average Bonchev–Trinajstić information content (AvgIpc) is 2.82. The van der Waals surface area contributed by atoms with Gasteiger partial charge in [0.25, 0.3) is 0 Å². The zero-order chi connectivity index (χ0) is 22.8. The van der Waals surface area contributed by atoms with Gasteiger partial charge in [-0.3, -0.25) is 9.59 Å². The molecule has 5 nitrogen and oxygen atoms in total. The highest BCUT2D eigenvalue weighted by Crippen LogP contribution is 2.23. The van der Waals surface area contributed by atoms with Crippen molar-refractivity contribution >= 4 is 40.9 Å². The van der Waals surface area contributed by atoms with E-state index in [1.807, 2.05) is 79.7 Å². The first-order valence-electron chi connectivity index (χ1n) is 10.2. The van der Waals surface area contributed by atoms with E-state index in [2.05, 4.69) is 15.8 Å². The first-order valence-corrected chi connectivity index (χ1v) is 10.6. The van der Waals surface area contributed by atoms with Crippen molar-refractivity contribution in [2.75, 3.05) is 5.32 Å². The van der Waals surface area contributed by atoms with E-state index in [4.69, 9.17) is 11.6 Å². The predicted molar refractivity (Wildman–Crippen MR) is 131 cm³/mol. The number of benzene rings is 3. The molecule has 6 heteroatoms. The minimum atomic E-state index is -0.343. The first-order chi connectivity index (χ1) is 15.5. The number of hydrazone groups is 1. The van der Waals surface area contributed by atoms with Gasteiger partial charge in [-0.1, -0.05) is 84.4 Å². The van der Waals surface area contributed by atoms with Crippen LogP contribution in [0.25, 0.3) is 6.08 Å². The molecular formula is C26H24ClN3O2. The molecule has 2 amide bonds. The zero-order valence-corrected chi connectivity index (χ0v) is 18.5. The molecule has 0 fully saturated rings. The summed E-state index contributed by atoms with van der Waals surface area (Å²) in [5.41, 5.74) is 6.48. The third kappa shape index (κ3) is 6.93. The minimum Gasteiger partial charge on any atom is -0.326 e. The number of nitrogens with one attached hydrogen (secondary N) is 2. The lowest BCUT2D eigenvalue weighted by Crippen LogP contribution is -2.22. The van der Waals surface area contributed by atoms with Crippen LogP contribution in [0.4, 0.5) is 5.69 Å². The fraction of sp³-hybridized carbons (Fsp3) is 0.115. The highest BCUT2D eigenvalue weighted by atomic mass is 35.5. The molecule has 0 heterocycles. The molecule has 0 aliphatic heterocycles. The largest absolute Gasteiger partial charge is 0.326 e. The van der Waals surface area contributed by atoms with Gasteiger partial charge in [0.05, 0.1) is 5.71 Å². The molecule has 0 bridgehead atoms. The number of carbonyl (C=O) groups excluding carboxylic acids is 2. The normalized spacial score (nSPS) is 11.4. The van der Waals surface area contributed by atoms with Gasteiger partial charge in [-0.2, -0.15) is 5.10 Å². The number of halogens is 1. The van der Waals surface area contributed by atoms with E-state index in [0.717, 1.165) is 16.7 Å². The van der Waals surface area contributed by atoms with Crippen LogP contribution < -0.4 is 10.7 Å². The van der Waals surface area contributed by atoms with Gasteiger partial charge in [0.15, 0.2) is 0 Å². The number of hydrogen-bond donors (Lipinski definition) is 2. The van der Waals surface area contributed by atoms with Gasteiger partial charge >= 0.3 is 0 Å². The molecule has 0 saturated heterocycles. The van der Waals surface area contributed by atoms with E-state index in [1.165, 1.54) is 0 Å². The summed E-state index contributed by atoms with van der Waals surface area (Å²) in [5, 5.41) is 7.64. The Labute approximate surface area is 192 Å². The summed E-state index contributed by atoms with van der Waals surface area (Å²) in [4.78, 5) is 24.5. The third-order valence-electron chi connectivity index (χ3n) is 4.72. The van der Waals surface area contributed by atoms with Crippen LogP contribution in [0.5, 0.6) is 0 Å². The van der Waals surface area contributed by atoms with Crippen molar-refractivity contribution in [1.29, 1.82) is 0 Å². The maximum Gasteiger partial charge on any atom is 0.240 e. The fourth-order valence-electron chi connectivity index (χ4n) is 2.91. The molecule has 2 N–H and O–H groups in total. The summed E-state index contributed by atoms with van der Waals surface area (Å²) in [6.45, 7) is 1.83. The van der Waals surface area contributed by atoms with Gasteiger partial charge in [0.1, 0.15) is 0 Å². The zero-order valence-electron chi connectivity index (χ0n) is 17.7. The van der Waals surface area contributed by atoms with Crippen molar-refractivity contribution in [2.45, 2.75) is 19.8 Å². The molecule has 32 heavy (non-hydrogen) atoms. The van der Waals surface area contributed by atoms with Crippen molar-refractivity contribution in [3.05, 3.63) is 107 Å². The van der Waals surface area contributed by atoms with Crippen LogP contribution in [0.2, 0.25) is 5.02 Å². The molecule has 0 saturated carbocycles. The molecule has 0 aromatic heterocycles. The predicted octanol–water partition coefficient (Wildman–Crippen LogP) is 5.60. The summed E-state index contributed by atoms with van der Waals surface area (Å²) in [5.74, 6) is -0.605. The molecule has 0 spiro atoms. The number of carbonyl (C=O) groups is 2. The maximum absolute atomic E-state index is 12.3. The molecule has 0 aliphatic rings. The molecule has 162 valence electrons. The van der Waals surface area contributed by atoms with Crippen LogP contribution in [0.1, 0.15) is 29.5 Å². The van der Waals surface area contributed by atoms with E-state index in [0.29, 0.717) is 16.4 Å². The van der Waals surface area contributed by atoms with Crippen molar-refractivity contribution in [3.63, 3.8) is 0 Å². The van der Waals surface area contributed by atoms with Crippen LogP contribution >= 0.6 is 11.6 Å². The molecule has 0 aliphatic carbocycles. The van der Waals surface area contributed by atoms with Gasteiger partial charge in [-0.15, -0.1) is 0 Å². The standard InChI is InChI=1S/C26H24ClN3O2/c1-19-22(27)13-8-14-23(19)28-25(31)17-18-26(32)30-29-24(21-11-6-3-7-12-21)16-15-20-9-4-2-5-10-20/h2-16H,17-18H2,1H3,(H,28,31)(H,30,32). The van der Waals surface area contributed by atoms with Crippen LogP contribution in [0.3, 0.4) is 0 Å². The summed E-state index contributed by atoms with van der Waals surface area (Å²) in [7, 11) is 0. The van der Waals surface area contributed by atoms with E-state index < -0.39 is 0 Å². The topological polar surface area (TPSA) is 70.6 Å². The van der Waals surface area contributed by atoms with Gasteiger partial charge in [-0.25, -0.2) is 5.43 Å². The molecule has 3 rings (SSSR count). The van der Waals surface area contributed by atoms with Crippen molar-refractivity contribution in [2.24, 2.45) is 5.10 Å². The smallest absolute Gasteiger partial charge is 0.240 e. The lowest BCUT2D eigenvalue weighted by atomic mass is 10.1. The van der Waals surface area contributed by atoms with Crippen LogP contribution in [0.15, 0.2) is 90.0 Å². The summed E-state index contributed by atoms with van der Waals surface area (Å²) in [6, 6.07) is 24.7. The van der Waals surface area contributed by atoms with Crippen molar-refractivity contribution < 1.29 is 9.59 Å². The Morgan fingerprint density at radius 2 is 1.53 bits per heavy atom. The number of hydrogen-bond acceptors (Lipinski definition) is 3. The van der Waals surface area contributed by atoms with Crippen LogP contribution in [0, 0.1) is 6.92 Å². The van der Waals surface area contributed by atoms with Crippen LogP contribution in [-0.4, -0.2) is 17.5 Å². The second-order valence-electron chi connectivity index (χ2n) is 7.10. The first kappa shape index (κ1) is 23.0. The Bertz CT molecular complexity index is 1130. The molecular weight excluding hydrogens is 422 g/mol. The fourth-order valence-corrected chi connectivity index (χ4v) is 3.08. The van der Waals surface area contributed by atoms with Crippen molar-refractivity contribution in [1.82, 2.24) is 5.43 Å². The quantitative estimate of drug-likeness (QED) is 0.350. The highest BCUT2D eigenvalue weighted by molar-refractivity contribution is 6.31. The number of allylic oxidation sites excluding steroid dienone is 1. The van der Waals surface area contributed by atoms with Gasteiger partial charge in [-0.05, 0) is 36.3 Å². The summed E-state index contributed by atoms with van der Waals surface area (Å²) >= 11 is 6.08. The Balaban J connectivity index is 1.60. The van der Waals surface area contributed by atoms with E-state index in [9.17, 15) is 9.59 Å². The highest BCUT2D eigenvalue weighted by Gasteiger charge is 2.10. The summed E-state index contributed by atoms with van der Waals surface area (Å²) < 4.78 is 0. The Morgan fingerprint density at radius 3 is 2.25 bits per heavy atom. The molecule has 0 radical (unpaired) electrons. The van der Waals surface area contributed by atoms with Gasteiger partial charge in [0, 0.05) is 29.1 Å². The number of anilines is 1. The molecule has 0 unspecified atom stereocenters. The Hall–Kier alpha value is -3.70. The van der Waals surface area contributed by atoms with Gasteiger partial charge < -0.3 is 5.32 Å². The minimum absolute atomic E-state index is 0.0133. The second-order valence-corrected chi connectivity index (χ2v) is 7.51. The lowest BCUT2D eigenvalue weighted by Gasteiger charge is -2.09. The van der Waals surface area contributed by atoms with E-state index in [1.54, 1.807) is 18.2 Å². The maximum atomic E-state index is 12.3. The third-order valence-corrected chi connectivity index (χ3v) is 5.13. The summed E-state index contributed by atoms with van der Waals surface area (Å²) in [6.07, 6.45) is 3.82. The molecule has 0 atom stereocenters. The van der Waals surface area contributed by atoms with Crippen molar-refractivity contribution in [3.8, 4) is 0 Å². The van der Waals surface area contributed by atoms with Gasteiger partial charge in [0.2, 0.25) is 11.8 Å². The number of nitrogens with zero attached hydrogens (tertiary/aromatic N) is 1. The average molecular weight is 446 g/mol. The number of amides is 2. The Morgan fingerprint density at radius 1 is 0.875 bits per heavy atom. The monoisotopic (exact) mass is 445 g/mol. The number of rotatable bonds is 8.